The Hall–Kier alpha value is -2.74. The van der Waals surface area contributed by atoms with Gasteiger partial charge in [0.25, 0.3) is 5.91 Å². The molecular formula is C12H8ClFN6O. The Morgan fingerprint density at radius 1 is 1.38 bits per heavy atom. The number of nitrogens with one attached hydrogen (secondary N) is 2. The zero-order valence-electron chi connectivity index (χ0n) is 10.4. The molecule has 0 fully saturated rings. The monoisotopic (exact) mass is 306 g/mol. The minimum absolute atomic E-state index is 0.0134. The van der Waals surface area contributed by atoms with Crippen molar-refractivity contribution in [2.24, 2.45) is 0 Å². The lowest BCUT2D eigenvalue weighted by Gasteiger charge is -2.06. The maximum absolute atomic E-state index is 13.0. The molecule has 21 heavy (non-hydrogen) atoms. The van der Waals surface area contributed by atoms with Gasteiger partial charge < -0.3 is 10.7 Å². The van der Waals surface area contributed by atoms with E-state index in [1.165, 1.54) is 12.4 Å². The summed E-state index contributed by atoms with van der Waals surface area (Å²) in [6.07, 6.45) is 1.41. The van der Waals surface area contributed by atoms with E-state index in [1.54, 1.807) is 0 Å². The zero-order valence-corrected chi connectivity index (χ0v) is 11.1. The van der Waals surface area contributed by atoms with Gasteiger partial charge in [-0.05, 0) is 18.2 Å². The Kier molecular flexibility index (Phi) is 3.15. The highest BCUT2D eigenvalue weighted by atomic mass is 35.5. The second kappa shape index (κ2) is 4.98. The Morgan fingerprint density at radius 3 is 2.95 bits per heavy atom. The summed E-state index contributed by atoms with van der Waals surface area (Å²) in [5, 5.41) is 2.56. The van der Waals surface area contributed by atoms with Crippen LogP contribution in [-0.2, 0) is 0 Å². The first kappa shape index (κ1) is 13.3. The number of carbonyl (C=O) groups is 1. The molecule has 0 spiro atoms. The van der Waals surface area contributed by atoms with Crippen LogP contribution in [0.25, 0.3) is 11.2 Å². The average Bonchev–Trinajstić information content (AvgIpc) is 2.87. The molecule has 1 amide bonds. The quantitative estimate of drug-likeness (QED) is 0.495. The smallest absolute Gasteiger partial charge is 0.260 e. The van der Waals surface area contributed by atoms with Gasteiger partial charge in [-0.15, -0.1) is 0 Å². The number of carbonyl (C=O) groups excluding carboxylic acids is 1. The van der Waals surface area contributed by atoms with Crippen molar-refractivity contribution < 1.29 is 9.18 Å². The third-order valence-electron chi connectivity index (χ3n) is 2.73. The molecule has 0 saturated carbocycles. The number of rotatable bonds is 2. The van der Waals surface area contributed by atoms with Gasteiger partial charge in [-0.1, -0.05) is 11.6 Å². The Morgan fingerprint density at radius 2 is 2.19 bits per heavy atom. The molecule has 9 heteroatoms. The summed E-state index contributed by atoms with van der Waals surface area (Å²) in [6.45, 7) is 0. The van der Waals surface area contributed by atoms with Gasteiger partial charge in [0, 0.05) is 5.69 Å². The van der Waals surface area contributed by atoms with E-state index >= 15 is 0 Å². The number of amides is 1. The van der Waals surface area contributed by atoms with Gasteiger partial charge in [-0.3, -0.25) is 10.1 Å². The molecule has 0 aliphatic carbocycles. The molecule has 0 unspecified atom stereocenters. The van der Waals surface area contributed by atoms with E-state index in [0.717, 1.165) is 12.1 Å². The van der Waals surface area contributed by atoms with Crippen molar-refractivity contribution in [3.8, 4) is 0 Å². The van der Waals surface area contributed by atoms with Crippen LogP contribution < -0.4 is 11.1 Å². The van der Waals surface area contributed by atoms with Crippen molar-refractivity contribution in [1.29, 1.82) is 0 Å². The van der Waals surface area contributed by atoms with Crippen LogP contribution in [0.1, 0.15) is 10.4 Å². The van der Waals surface area contributed by atoms with Crippen molar-refractivity contribution >= 4 is 40.3 Å². The molecule has 1 aromatic carbocycles. The highest BCUT2D eigenvalue weighted by molar-refractivity contribution is 6.33. The Balaban J connectivity index is 1.92. The second-order valence-corrected chi connectivity index (χ2v) is 4.48. The van der Waals surface area contributed by atoms with Crippen LogP contribution in [0.15, 0.2) is 24.5 Å². The minimum Gasteiger partial charge on any atom is -0.398 e. The predicted octanol–water partition coefficient (Wildman–Crippen LogP) is 1.98. The molecule has 0 aliphatic rings. The molecule has 0 atom stereocenters. The van der Waals surface area contributed by atoms with Crippen molar-refractivity contribution in [2.75, 3.05) is 11.1 Å². The number of hydrogen-bond acceptors (Lipinski definition) is 5. The first-order chi connectivity index (χ1) is 10.0. The lowest BCUT2D eigenvalue weighted by atomic mass is 10.1. The lowest BCUT2D eigenvalue weighted by Crippen LogP contribution is -2.16. The van der Waals surface area contributed by atoms with Gasteiger partial charge in [-0.25, -0.2) is 9.37 Å². The van der Waals surface area contributed by atoms with Crippen LogP contribution in [0.4, 0.5) is 16.0 Å². The van der Waals surface area contributed by atoms with Gasteiger partial charge in [0.2, 0.25) is 5.95 Å². The van der Waals surface area contributed by atoms with Gasteiger partial charge in [-0.2, -0.15) is 9.97 Å². The molecule has 2 heterocycles. The average molecular weight is 307 g/mol. The first-order valence-electron chi connectivity index (χ1n) is 5.77. The third-order valence-corrected chi connectivity index (χ3v) is 3.00. The summed E-state index contributed by atoms with van der Waals surface area (Å²) in [4.78, 5) is 26.7. The molecule has 0 aliphatic heterocycles. The fourth-order valence-electron chi connectivity index (χ4n) is 1.76. The van der Waals surface area contributed by atoms with E-state index in [-0.39, 0.29) is 22.4 Å². The van der Waals surface area contributed by atoms with E-state index in [9.17, 15) is 9.18 Å². The summed E-state index contributed by atoms with van der Waals surface area (Å²) in [5.41, 5.74) is 6.50. The number of H-pyrrole nitrogens is 1. The second-order valence-electron chi connectivity index (χ2n) is 4.12. The molecule has 7 nitrogen and oxygen atoms in total. The number of fused-ring (bicyclic) bond motifs is 1. The van der Waals surface area contributed by atoms with Gasteiger partial charge in [0.1, 0.15) is 11.3 Å². The first-order valence-corrected chi connectivity index (χ1v) is 6.15. The van der Waals surface area contributed by atoms with E-state index in [4.69, 9.17) is 17.3 Å². The summed E-state index contributed by atoms with van der Waals surface area (Å²) >= 11 is 5.94. The molecule has 3 rings (SSSR count). The summed E-state index contributed by atoms with van der Waals surface area (Å²) in [5.74, 6) is -1.12. The predicted molar refractivity (Wildman–Crippen MR) is 75.5 cm³/mol. The van der Waals surface area contributed by atoms with Gasteiger partial charge >= 0.3 is 0 Å². The SMILES string of the molecule is Nc1cc(F)ccc1C(=O)Nc1nc(Cl)c2[nH]cnc2n1. The van der Waals surface area contributed by atoms with E-state index in [0.29, 0.717) is 11.2 Å². The number of aromatic nitrogens is 4. The van der Waals surface area contributed by atoms with Crippen LogP contribution in [0, 0.1) is 5.82 Å². The zero-order chi connectivity index (χ0) is 15.0. The normalized spacial score (nSPS) is 10.8. The summed E-state index contributed by atoms with van der Waals surface area (Å²) in [6, 6.07) is 3.46. The molecule has 0 saturated heterocycles. The van der Waals surface area contributed by atoms with Crippen LogP contribution in [0.5, 0.6) is 0 Å². The fraction of sp³-hybridized carbons (Fsp3) is 0. The topological polar surface area (TPSA) is 110 Å². The highest BCUT2D eigenvalue weighted by Crippen LogP contribution is 2.19. The molecule has 3 aromatic rings. The number of imidazole rings is 1. The minimum atomic E-state index is -0.571. The van der Waals surface area contributed by atoms with Crippen LogP contribution >= 0.6 is 11.6 Å². The maximum Gasteiger partial charge on any atom is 0.260 e. The van der Waals surface area contributed by atoms with Crippen molar-refractivity contribution in [1.82, 2.24) is 19.9 Å². The van der Waals surface area contributed by atoms with Crippen molar-refractivity contribution in [2.45, 2.75) is 0 Å². The number of hydrogen-bond donors (Lipinski definition) is 3. The largest absolute Gasteiger partial charge is 0.398 e. The maximum atomic E-state index is 13.0. The number of nitrogens with two attached hydrogens (primary N) is 1. The van der Waals surface area contributed by atoms with Gasteiger partial charge in [0.15, 0.2) is 10.8 Å². The molecule has 2 aromatic heterocycles. The third kappa shape index (κ3) is 2.48. The van der Waals surface area contributed by atoms with Crippen molar-refractivity contribution in [3.05, 3.63) is 41.1 Å². The summed E-state index contributed by atoms with van der Waals surface area (Å²) in [7, 11) is 0. The van der Waals surface area contributed by atoms with Crippen LogP contribution in [0.3, 0.4) is 0 Å². The summed E-state index contributed by atoms with van der Waals surface area (Å²) < 4.78 is 13.0. The fourth-order valence-corrected chi connectivity index (χ4v) is 1.98. The molecule has 0 bridgehead atoms. The molecule has 0 radical (unpaired) electrons. The number of anilines is 2. The molecule has 4 N–H and O–H groups in total. The van der Waals surface area contributed by atoms with Crippen LogP contribution in [-0.4, -0.2) is 25.8 Å². The van der Waals surface area contributed by atoms with Crippen LogP contribution in [0.2, 0.25) is 5.15 Å². The number of halogens is 2. The van der Waals surface area contributed by atoms with E-state index < -0.39 is 11.7 Å². The number of aromatic amines is 1. The Labute approximate surface area is 122 Å². The standard InChI is InChI=1S/C12H8ClFN6O/c13-9-8-10(17-4-16-8)19-12(18-9)20-11(21)6-2-1-5(14)3-7(6)15/h1-4H,15H2,(H2,16,17,18,19,20,21). The van der Waals surface area contributed by atoms with Crippen molar-refractivity contribution in [3.63, 3.8) is 0 Å². The van der Waals surface area contributed by atoms with Gasteiger partial charge in [0.05, 0.1) is 11.9 Å². The lowest BCUT2D eigenvalue weighted by molar-refractivity contribution is 0.102. The number of benzene rings is 1. The number of nitrogens with zero attached hydrogens (tertiary/aromatic N) is 3. The number of nitrogen functional groups attached to an aromatic ring is 1. The molecule has 106 valence electrons. The molecular weight excluding hydrogens is 299 g/mol. The van der Waals surface area contributed by atoms with E-state index in [2.05, 4.69) is 25.3 Å². The Bertz CT molecular complexity index is 849. The highest BCUT2D eigenvalue weighted by Gasteiger charge is 2.14. The van der Waals surface area contributed by atoms with E-state index in [1.807, 2.05) is 0 Å².